The fourth-order valence-electron chi connectivity index (χ4n) is 1.13. The second-order valence-electron chi connectivity index (χ2n) is 3.35. The van der Waals surface area contributed by atoms with Crippen LogP contribution < -0.4 is 0 Å². The van der Waals surface area contributed by atoms with Gasteiger partial charge in [0.15, 0.2) is 0 Å². The van der Waals surface area contributed by atoms with Crippen LogP contribution in [0.5, 0.6) is 0 Å². The SMILES string of the molecule is ClCCCl.O=[N+]([O-])O.O=[N+]([O-])O.[NH-][C@@H]1CCCC[C@@H]1[NH-].[Pt+2]. The zero-order chi connectivity index (χ0) is 16.6. The first kappa shape index (κ1) is 28.7. The van der Waals surface area contributed by atoms with E-state index in [1.807, 2.05) is 0 Å². The number of hydrogen-bond donors (Lipinski definition) is 2. The molecule has 0 bridgehead atoms. The summed E-state index contributed by atoms with van der Waals surface area (Å²) in [6.45, 7) is 0. The van der Waals surface area contributed by atoms with Crippen LogP contribution in [0.1, 0.15) is 25.7 Å². The number of halogens is 2. The molecule has 0 amide bonds. The standard InChI is InChI=1S/C6H12N2.C2H4Cl2.2HNO3.Pt/c7-5-3-1-2-4-6(5)8;3-1-2-4;2*2-1(3)4;/h5-8H,1-4H2;1-2H2;2*(H,2,3,4);/q-2;;;;+2/t5-,6+;;;;. The Balaban J connectivity index is -0.0000000973. The molecule has 1 fully saturated rings. The molecule has 10 nitrogen and oxygen atoms in total. The van der Waals surface area contributed by atoms with Gasteiger partial charge in [0.05, 0.1) is 0 Å². The van der Waals surface area contributed by atoms with Gasteiger partial charge in [-0.05, 0) is 0 Å². The van der Waals surface area contributed by atoms with Crippen LogP contribution in [0.4, 0.5) is 0 Å². The van der Waals surface area contributed by atoms with Crippen molar-refractivity contribution in [2.75, 3.05) is 11.8 Å². The molecular formula is C8H18Cl2N4O6Pt. The van der Waals surface area contributed by atoms with Gasteiger partial charge in [0.25, 0.3) is 10.2 Å². The zero-order valence-corrected chi connectivity index (χ0v) is 14.7. The molecule has 1 aliphatic carbocycles. The van der Waals surface area contributed by atoms with Crippen LogP contribution in [-0.2, 0) is 21.1 Å². The van der Waals surface area contributed by atoms with Crippen molar-refractivity contribution in [1.82, 2.24) is 0 Å². The van der Waals surface area contributed by atoms with E-state index in [0.717, 1.165) is 12.8 Å². The van der Waals surface area contributed by atoms with Gasteiger partial charge in [-0.2, -0.15) is 12.1 Å². The number of nitrogens with zero attached hydrogens (tertiary/aromatic N) is 2. The molecule has 1 rings (SSSR count). The molecule has 0 spiro atoms. The smallest absolute Gasteiger partial charge is 0.676 e. The molecule has 0 saturated heterocycles. The van der Waals surface area contributed by atoms with Crippen LogP contribution in [0, 0.1) is 20.2 Å². The molecule has 0 aromatic carbocycles. The average molecular weight is 532 g/mol. The summed E-state index contributed by atoms with van der Waals surface area (Å²) in [5.41, 5.74) is 14.6. The molecule has 1 aliphatic rings. The first-order valence-corrected chi connectivity index (χ1v) is 6.46. The van der Waals surface area contributed by atoms with Crippen molar-refractivity contribution in [3.8, 4) is 0 Å². The quantitative estimate of drug-likeness (QED) is 0.298. The Morgan fingerprint density at radius 1 is 0.952 bits per heavy atom. The van der Waals surface area contributed by atoms with Crippen LogP contribution in [0.3, 0.4) is 0 Å². The van der Waals surface area contributed by atoms with Crippen molar-refractivity contribution < 1.29 is 41.7 Å². The van der Waals surface area contributed by atoms with E-state index in [4.69, 9.17) is 65.3 Å². The van der Waals surface area contributed by atoms with E-state index < -0.39 is 10.2 Å². The fourth-order valence-corrected chi connectivity index (χ4v) is 1.13. The summed E-state index contributed by atoms with van der Waals surface area (Å²) >= 11 is 10.1. The normalized spacial score (nSPS) is 18.9. The number of hydrogen-bond acceptors (Lipinski definition) is 4. The number of alkyl halides is 2. The van der Waals surface area contributed by atoms with Crippen LogP contribution >= 0.6 is 23.2 Å². The Kier molecular flexibility index (Phi) is 29.9. The van der Waals surface area contributed by atoms with Gasteiger partial charge in [0.2, 0.25) is 0 Å². The molecule has 0 radical (unpaired) electrons. The number of rotatable bonds is 1. The van der Waals surface area contributed by atoms with Crippen molar-refractivity contribution >= 4 is 23.2 Å². The van der Waals surface area contributed by atoms with E-state index in [0.29, 0.717) is 11.8 Å². The van der Waals surface area contributed by atoms with Gasteiger partial charge in [-0.25, -0.2) is 0 Å². The van der Waals surface area contributed by atoms with Gasteiger partial charge in [0, 0.05) is 11.8 Å². The molecule has 2 atom stereocenters. The molecule has 4 N–H and O–H groups in total. The molecule has 0 aromatic rings. The summed E-state index contributed by atoms with van der Waals surface area (Å²) in [7, 11) is 0. The summed E-state index contributed by atoms with van der Waals surface area (Å²) in [5, 5.41) is 27.3. The van der Waals surface area contributed by atoms with Crippen molar-refractivity contribution in [2.45, 2.75) is 37.8 Å². The predicted octanol–water partition coefficient (Wildman–Crippen LogP) is 3.17. The maximum Gasteiger partial charge on any atom is 2.00 e. The fraction of sp³-hybridized carbons (Fsp3) is 1.00. The van der Waals surface area contributed by atoms with E-state index in [-0.39, 0.29) is 33.1 Å². The third-order valence-electron chi connectivity index (χ3n) is 1.84. The monoisotopic (exact) mass is 531 g/mol. The largest absolute Gasteiger partial charge is 2.00 e. The molecule has 13 heteroatoms. The maximum atomic E-state index is 8.36. The Morgan fingerprint density at radius 2 is 1.14 bits per heavy atom. The Bertz CT molecular complexity index is 223. The van der Waals surface area contributed by atoms with Crippen molar-refractivity contribution in [1.29, 1.82) is 0 Å². The average Bonchev–Trinajstić information content (AvgIpc) is 2.32. The summed E-state index contributed by atoms with van der Waals surface area (Å²) in [6, 6.07) is -0.160. The van der Waals surface area contributed by atoms with Crippen LogP contribution in [-0.4, -0.2) is 44.4 Å². The molecule has 0 heterocycles. The van der Waals surface area contributed by atoms with Gasteiger partial charge in [-0.3, -0.25) is 0 Å². The van der Waals surface area contributed by atoms with Gasteiger partial charge in [0.1, 0.15) is 0 Å². The maximum absolute atomic E-state index is 8.36. The minimum Gasteiger partial charge on any atom is -0.676 e. The Labute approximate surface area is 146 Å². The minimum atomic E-state index is -1.50. The van der Waals surface area contributed by atoms with Crippen molar-refractivity contribution in [3.63, 3.8) is 0 Å². The van der Waals surface area contributed by atoms with Gasteiger partial charge in [-0.15, -0.1) is 43.4 Å². The molecule has 0 aromatic heterocycles. The zero-order valence-electron chi connectivity index (χ0n) is 10.9. The molecular weight excluding hydrogens is 514 g/mol. The first-order chi connectivity index (χ1) is 9.18. The van der Waals surface area contributed by atoms with Gasteiger partial charge in [-0.1, -0.05) is 25.7 Å². The summed E-state index contributed by atoms with van der Waals surface area (Å²) < 4.78 is 0. The van der Waals surface area contributed by atoms with E-state index in [1.54, 1.807) is 0 Å². The van der Waals surface area contributed by atoms with E-state index in [1.165, 1.54) is 12.8 Å². The van der Waals surface area contributed by atoms with Crippen LogP contribution in [0.2, 0.25) is 0 Å². The third kappa shape index (κ3) is 45.1. The number of nitrogens with one attached hydrogen (secondary N) is 2. The Hall–Kier alpha value is -0.412. The van der Waals surface area contributed by atoms with E-state index in [9.17, 15) is 0 Å². The van der Waals surface area contributed by atoms with Gasteiger partial charge >= 0.3 is 21.1 Å². The van der Waals surface area contributed by atoms with Crippen molar-refractivity contribution in [3.05, 3.63) is 31.7 Å². The molecule has 21 heavy (non-hydrogen) atoms. The van der Waals surface area contributed by atoms with Crippen LogP contribution in [0.25, 0.3) is 11.5 Å². The second-order valence-corrected chi connectivity index (χ2v) is 4.11. The van der Waals surface area contributed by atoms with Gasteiger partial charge < -0.3 is 21.9 Å². The van der Waals surface area contributed by atoms with Crippen LogP contribution in [0.15, 0.2) is 0 Å². The second kappa shape index (κ2) is 21.9. The topological polar surface area (TPSA) is 174 Å². The molecule has 0 aliphatic heterocycles. The molecule has 1 saturated carbocycles. The minimum absolute atomic E-state index is 0. The third-order valence-corrected chi connectivity index (χ3v) is 2.41. The van der Waals surface area contributed by atoms with E-state index >= 15 is 0 Å². The summed E-state index contributed by atoms with van der Waals surface area (Å²) in [6.07, 6.45) is 4.25. The molecule has 0 unspecified atom stereocenters. The van der Waals surface area contributed by atoms with Crippen molar-refractivity contribution in [2.24, 2.45) is 0 Å². The Morgan fingerprint density at radius 3 is 1.24 bits per heavy atom. The molecule has 130 valence electrons. The summed E-state index contributed by atoms with van der Waals surface area (Å²) in [4.78, 5) is 16.7. The van der Waals surface area contributed by atoms with E-state index in [2.05, 4.69) is 0 Å². The predicted molar refractivity (Wildman–Crippen MR) is 73.7 cm³/mol. The summed E-state index contributed by atoms with van der Waals surface area (Å²) in [5.74, 6) is 1.11. The first-order valence-electron chi connectivity index (χ1n) is 5.39.